The molecular weight excluding hydrogens is 476 g/mol. The van der Waals surface area contributed by atoms with Gasteiger partial charge in [-0.25, -0.2) is 0 Å². The molecule has 1 heterocycles. The van der Waals surface area contributed by atoms with Crippen molar-refractivity contribution in [3.8, 4) is 0 Å². The molecule has 0 radical (unpaired) electrons. The summed E-state index contributed by atoms with van der Waals surface area (Å²) in [5.41, 5.74) is 0.692. The van der Waals surface area contributed by atoms with Crippen molar-refractivity contribution < 1.29 is 4.79 Å². The van der Waals surface area contributed by atoms with E-state index in [0.29, 0.717) is 6.54 Å². The summed E-state index contributed by atoms with van der Waals surface area (Å²) in [4.78, 5) is 17.2. The molecule has 1 amide bonds. The van der Waals surface area contributed by atoms with E-state index < -0.39 is 0 Å². The summed E-state index contributed by atoms with van der Waals surface area (Å²) >= 11 is 11.3. The van der Waals surface area contributed by atoms with Crippen LogP contribution in [0.1, 0.15) is 32.3 Å². The third-order valence-corrected chi connectivity index (χ3v) is 9.30. The maximum atomic E-state index is 13.0. The first-order valence-corrected chi connectivity index (χ1v) is 10.1. The van der Waals surface area contributed by atoms with Gasteiger partial charge in [-0.15, -0.1) is 0 Å². The van der Waals surface area contributed by atoms with Gasteiger partial charge in [-0.2, -0.15) is 0 Å². The lowest BCUT2D eigenvalue weighted by atomic mass is 9.43. The van der Waals surface area contributed by atoms with Gasteiger partial charge in [0.05, 0.1) is 9.15 Å². The molecule has 120 valence electrons. The van der Waals surface area contributed by atoms with Crippen molar-refractivity contribution >= 4 is 53.7 Å². The average molecular weight is 495 g/mol. The van der Waals surface area contributed by atoms with Crippen molar-refractivity contribution in [2.75, 3.05) is 0 Å². The molecule has 1 aromatic heterocycles. The van der Waals surface area contributed by atoms with E-state index in [2.05, 4.69) is 71.9 Å². The summed E-state index contributed by atoms with van der Waals surface area (Å²) in [6.45, 7) is 4.97. The number of rotatable bonds is 4. The quantitative estimate of drug-likeness (QED) is 0.631. The number of carbonyl (C=O) groups excluding carboxylic acids is 1. The Labute approximate surface area is 156 Å². The summed E-state index contributed by atoms with van der Waals surface area (Å²) in [6.07, 6.45) is 5.49. The van der Waals surface area contributed by atoms with Gasteiger partial charge >= 0.3 is 0 Å². The molecular formula is C16H19Br3N2O. The van der Waals surface area contributed by atoms with E-state index in [1.807, 2.05) is 12.1 Å². The minimum absolute atomic E-state index is 0.0646. The highest BCUT2D eigenvalue weighted by molar-refractivity contribution is 9.24. The van der Waals surface area contributed by atoms with Crippen molar-refractivity contribution in [2.45, 2.75) is 41.8 Å². The van der Waals surface area contributed by atoms with Gasteiger partial charge in [-0.3, -0.25) is 9.78 Å². The minimum atomic E-state index is -0.338. The molecule has 0 saturated heterocycles. The Kier molecular flexibility index (Phi) is 4.27. The number of hydrogen-bond donors (Lipinski definition) is 1. The van der Waals surface area contributed by atoms with Gasteiger partial charge in [0.25, 0.3) is 0 Å². The van der Waals surface area contributed by atoms with Gasteiger partial charge in [-0.1, -0.05) is 67.7 Å². The standard InChI is InChI=1S/C16H19Br3N2O/c1-14(2)15(12(18)19)5-6-16(14,11(15)17)13(22)21-9-10-4-3-7-20-8-10/h3-4,7-8,11-12H,5-6,9H2,1-2H3,(H,21,22)/t11-,15+,16-/m1/s1. The number of hydrogen-bond acceptors (Lipinski definition) is 2. The molecule has 2 bridgehead atoms. The fraction of sp³-hybridized carbons (Fsp3) is 0.625. The normalized spacial score (nSPS) is 35.3. The van der Waals surface area contributed by atoms with Crippen LogP contribution in [0.2, 0.25) is 0 Å². The zero-order valence-electron chi connectivity index (χ0n) is 12.6. The Bertz CT molecular complexity index is 592. The topological polar surface area (TPSA) is 42.0 Å². The minimum Gasteiger partial charge on any atom is -0.351 e. The van der Waals surface area contributed by atoms with Crippen molar-refractivity contribution in [1.82, 2.24) is 10.3 Å². The summed E-state index contributed by atoms with van der Waals surface area (Å²) in [5.74, 6) is 0.150. The summed E-state index contributed by atoms with van der Waals surface area (Å²) in [5, 5.41) is 3.12. The van der Waals surface area contributed by atoms with Crippen LogP contribution < -0.4 is 5.32 Å². The molecule has 0 aromatic carbocycles. The smallest absolute Gasteiger partial charge is 0.228 e. The lowest BCUT2D eigenvalue weighted by Crippen LogP contribution is -2.72. The van der Waals surface area contributed by atoms with Crippen LogP contribution in [-0.4, -0.2) is 19.5 Å². The SMILES string of the molecule is CC1(C)[C@]2(C(=O)NCc3cccnc3)CC[C@@]1(C(Br)Br)[C@H]2Br. The molecule has 3 aliphatic rings. The van der Waals surface area contributed by atoms with E-state index in [9.17, 15) is 4.79 Å². The molecule has 1 N–H and O–H groups in total. The van der Waals surface area contributed by atoms with E-state index in [1.54, 1.807) is 12.4 Å². The molecule has 1 aromatic rings. The maximum Gasteiger partial charge on any atom is 0.228 e. The van der Waals surface area contributed by atoms with Gasteiger partial charge in [0, 0.05) is 29.2 Å². The van der Waals surface area contributed by atoms with Crippen LogP contribution in [0.25, 0.3) is 0 Å². The first-order valence-electron chi connectivity index (χ1n) is 7.40. The number of halogens is 3. The molecule has 4 rings (SSSR count). The number of alkyl halides is 3. The van der Waals surface area contributed by atoms with Gasteiger partial charge < -0.3 is 5.32 Å². The fourth-order valence-electron chi connectivity index (χ4n) is 4.54. The Morgan fingerprint density at radius 2 is 2.18 bits per heavy atom. The Balaban J connectivity index is 1.79. The predicted octanol–water partition coefficient (Wildman–Crippen LogP) is 4.38. The molecule has 3 aliphatic carbocycles. The largest absolute Gasteiger partial charge is 0.351 e. The molecule has 0 unspecified atom stereocenters. The van der Waals surface area contributed by atoms with Crippen molar-refractivity contribution in [1.29, 1.82) is 0 Å². The number of amides is 1. The van der Waals surface area contributed by atoms with Crippen LogP contribution in [-0.2, 0) is 11.3 Å². The van der Waals surface area contributed by atoms with E-state index in [1.165, 1.54) is 0 Å². The van der Waals surface area contributed by atoms with E-state index >= 15 is 0 Å². The monoisotopic (exact) mass is 492 g/mol. The van der Waals surface area contributed by atoms with Gasteiger partial charge in [0.15, 0.2) is 0 Å². The molecule has 22 heavy (non-hydrogen) atoms. The highest BCUT2D eigenvalue weighted by Crippen LogP contribution is 2.82. The van der Waals surface area contributed by atoms with Crippen molar-refractivity contribution in [3.05, 3.63) is 30.1 Å². The Hall–Kier alpha value is 0.0600. The zero-order chi connectivity index (χ0) is 16.2. The Morgan fingerprint density at radius 3 is 2.68 bits per heavy atom. The van der Waals surface area contributed by atoms with Crippen LogP contribution in [0.5, 0.6) is 0 Å². The van der Waals surface area contributed by atoms with Crippen LogP contribution in [0.3, 0.4) is 0 Å². The van der Waals surface area contributed by atoms with Crippen molar-refractivity contribution in [3.63, 3.8) is 0 Å². The van der Waals surface area contributed by atoms with E-state index in [0.717, 1.165) is 18.4 Å². The number of aromatic nitrogens is 1. The van der Waals surface area contributed by atoms with Crippen LogP contribution >= 0.6 is 47.8 Å². The second-order valence-electron chi connectivity index (χ2n) is 6.84. The first kappa shape index (κ1) is 16.9. The average Bonchev–Trinajstić information content (AvgIpc) is 2.95. The third kappa shape index (κ3) is 1.89. The van der Waals surface area contributed by atoms with Gasteiger partial charge in [-0.05, 0) is 29.9 Å². The summed E-state index contributed by atoms with van der Waals surface area (Å²) < 4.78 is 0.202. The predicted molar refractivity (Wildman–Crippen MR) is 98.3 cm³/mol. The zero-order valence-corrected chi connectivity index (χ0v) is 17.3. The molecule has 3 saturated carbocycles. The Morgan fingerprint density at radius 1 is 1.45 bits per heavy atom. The fourth-order valence-corrected chi connectivity index (χ4v) is 9.46. The second-order valence-corrected chi connectivity index (χ2v) is 10.8. The molecule has 3 fully saturated rings. The number of nitrogens with one attached hydrogen (secondary N) is 1. The lowest BCUT2D eigenvalue weighted by molar-refractivity contribution is -0.161. The molecule has 6 heteroatoms. The van der Waals surface area contributed by atoms with E-state index in [-0.39, 0.29) is 30.7 Å². The summed E-state index contributed by atoms with van der Waals surface area (Å²) in [6, 6.07) is 3.87. The highest BCUT2D eigenvalue weighted by atomic mass is 79.9. The molecule has 0 spiro atoms. The molecule has 3 atom stereocenters. The molecule has 3 nitrogen and oxygen atoms in total. The molecule has 0 aliphatic heterocycles. The van der Waals surface area contributed by atoms with Gasteiger partial charge in [0.2, 0.25) is 5.91 Å². The second kappa shape index (κ2) is 5.55. The van der Waals surface area contributed by atoms with Crippen LogP contribution in [0, 0.1) is 16.2 Å². The number of pyridine rings is 1. The highest BCUT2D eigenvalue weighted by Gasteiger charge is 2.83. The van der Waals surface area contributed by atoms with Crippen LogP contribution in [0.4, 0.5) is 0 Å². The van der Waals surface area contributed by atoms with Crippen LogP contribution in [0.15, 0.2) is 24.5 Å². The number of carbonyl (C=O) groups is 1. The number of fused-ring (bicyclic) bond motifs is 1. The lowest BCUT2D eigenvalue weighted by Gasteiger charge is -2.66. The first-order chi connectivity index (χ1) is 10.3. The summed E-state index contributed by atoms with van der Waals surface area (Å²) in [7, 11) is 0. The number of nitrogens with zero attached hydrogens (tertiary/aromatic N) is 1. The van der Waals surface area contributed by atoms with Crippen molar-refractivity contribution in [2.24, 2.45) is 16.2 Å². The van der Waals surface area contributed by atoms with Gasteiger partial charge in [0.1, 0.15) is 0 Å². The maximum absolute atomic E-state index is 13.0. The third-order valence-electron chi connectivity index (χ3n) is 6.07. The van der Waals surface area contributed by atoms with E-state index in [4.69, 9.17) is 0 Å².